The Balaban J connectivity index is 2.02. The van der Waals surface area contributed by atoms with Crippen molar-refractivity contribution in [3.8, 4) is 0 Å². The standard InChI is InChI=1S/C17H35NO3/c1-4-5-10-20-11-12-21-14-15(19)13-18-16-8-6-7-9-17(16,2)3/h15-16,18-19H,4-14H2,1-3H3. The van der Waals surface area contributed by atoms with Crippen molar-refractivity contribution in [2.45, 2.75) is 71.4 Å². The van der Waals surface area contributed by atoms with E-state index in [1.807, 2.05) is 0 Å². The summed E-state index contributed by atoms with van der Waals surface area (Å²) in [5.41, 5.74) is 0.339. The monoisotopic (exact) mass is 301 g/mol. The Hall–Kier alpha value is -0.160. The van der Waals surface area contributed by atoms with E-state index in [1.54, 1.807) is 0 Å². The molecule has 0 aliphatic heterocycles. The molecule has 2 unspecified atom stereocenters. The smallest absolute Gasteiger partial charge is 0.0897 e. The fourth-order valence-corrected chi connectivity index (χ4v) is 2.90. The number of hydrogen-bond donors (Lipinski definition) is 2. The van der Waals surface area contributed by atoms with Crippen molar-refractivity contribution in [3.05, 3.63) is 0 Å². The van der Waals surface area contributed by atoms with E-state index >= 15 is 0 Å². The summed E-state index contributed by atoms with van der Waals surface area (Å²) in [6.07, 6.45) is 6.93. The average molecular weight is 301 g/mol. The van der Waals surface area contributed by atoms with Gasteiger partial charge >= 0.3 is 0 Å². The van der Waals surface area contributed by atoms with Crippen molar-refractivity contribution < 1.29 is 14.6 Å². The van der Waals surface area contributed by atoms with Crippen molar-refractivity contribution in [2.24, 2.45) is 5.41 Å². The van der Waals surface area contributed by atoms with Gasteiger partial charge in [-0.05, 0) is 24.7 Å². The third-order valence-electron chi connectivity index (χ3n) is 4.43. The highest BCUT2D eigenvalue weighted by atomic mass is 16.5. The van der Waals surface area contributed by atoms with Crippen LogP contribution in [0, 0.1) is 5.41 Å². The van der Waals surface area contributed by atoms with Crippen LogP contribution in [0.2, 0.25) is 0 Å². The lowest BCUT2D eigenvalue weighted by Crippen LogP contribution is -2.47. The number of ether oxygens (including phenoxy) is 2. The van der Waals surface area contributed by atoms with E-state index in [9.17, 15) is 5.11 Å². The van der Waals surface area contributed by atoms with Crippen LogP contribution in [0.15, 0.2) is 0 Å². The van der Waals surface area contributed by atoms with Crippen LogP contribution < -0.4 is 5.32 Å². The molecule has 0 saturated heterocycles. The second-order valence-electron chi connectivity index (χ2n) is 6.89. The minimum absolute atomic E-state index is 0.339. The molecular weight excluding hydrogens is 266 g/mol. The number of aliphatic hydroxyl groups excluding tert-OH is 1. The second kappa shape index (κ2) is 10.5. The first-order valence-electron chi connectivity index (χ1n) is 8.63. The van der Waals surface area contributed by atoms with Gasteiger partial charge in [-0.1, -0.05) is 40.0 Å². The van der Waals surface area contributed by atoms with Crippen molar-refractivity contribution in [1.29, 1.82) is 0 Å². The Morgan fingerprint density at radius 3 is 2.67 bits per heavy atom. The molecule has 1 rings (SSSR count). The zero-order valence-electron chi connectivity index (χ0n) is 14.2. The number of hydrogen-bond acceptors (Lipinski definition) is 4. The zero-order chi connectivity index (χ0) is 15.6. The normalized spacial score (nSPS) is 23.1. The molecule has 0 aromatic heterocycles. The molecule has 2 N–H and O–H groups in total. The van der Waals surface area contributed by atoms with Gasteiger partial charge in [0.05, 0.1) is 25.9 Å². The van der Waals surface area contributed by atoms with Gasteiger partial charge in [0.15, 0.2) is 0 Å². The van der Waals surface area contributed by atoms with E-state index in [2.05, 4.69) is 26.1 Å². The number of nitrogens with one attached hydrogen (secondary N) is 1. The highest BCUT2D eigenvalue weighted by Gasteiger charge is 2.31. The molecule has 0 heterocycles. The van der Waals surface area contributed by atoms with Crippen LogP contribution in [-0.4, -0.2) is 50.2 Å². The first-order chi connectivity index (χ1) is 10.1. The van der Waals surface area contributed by atoms with Crippen LogP contribution in [0.4, 0.5) is 0 Å². The quantitative estimate of drug-likeness (QED) is 0.576. The van der Waals surface area contributed by atoms with Crippen molar-refractivity contribution in [3.63, 3.8) is 0 Å². The summed E-state index contributed by atoms with van der Waals surface area (Å²) in [5.74, 6) is 0. The maximum absolute atomic E-state index is 9.96. The minimum atomic E-state index is -0.432. The van der Waals surface area contributed by atoms with Gasteiger partial charge in [0, 0.05) is 19.2 Å². The minimum Gasteiger partial charge on any atom is -0.389 e. The lowest BCUT2D eigenvalue weighted by molar-refractivity contribution is 0.00102. The first kappa shape index (κ1) is 18.9. The fraction of sp³-hybridized carbons (Fsp3) is 1.00. The molecule has 4 nitrogen and oxygen atoms in total. The summed E-state index contributed by atoms with van der Waals surface area (Å²) >= 11 is 0. The van der Waals surface area contributed by atoms with Crippen molar-refractivity contribution in [1.82, 2.24) is 5.32 Å². The van der Waals surface area contributed by atoms with Gasteiger partial charge in [0.25, 0.3) is 0 Å². The number of unbranched alkanes of at least 4 members (excludes halogenated alkanes) is 1. The third-order valence-corrected chi connectivity index (χ3v) is 4.43. The van der Waals surface area contributed by atoms with Gasteiger partial charge in [-0.2, -0.15) is 0 Å². The van der Waals surface area contributed by atoms with E-state index in [0.29, 0.717) is 37.8 Å². The summed E-state index contributed by atoms with van der Waals surface area (Å²) in [5, 5.41) is 13.5. The molecule has 126 valence electrons. The number of aliphatic hydroxyl groups is 1. The predicted octanol–water partition coefficient (Wildman–Crippen LogP) is 2.74. The van der Waals surface area contributed by atoms with Gasteiger partial charge in [-0.3, -0.25) is 0 Å². The van der Waals surface area contributed by atoms with Gasteiger partial charge in [-0.25, -0.2) is 0 Å². The van der Waals surface area contributed by atoms with Gasteiger partial charge < -0.3 is 19.9 Å². The van der Waals surface area contributed by atoms with Crippen LogP contribution in [-0.2, 0) is 9.47 Å². The van der Waals surface area contributed by atoms with Gasteiger partial charge in [0.2, 0.25) is 0 Å². The summed E-state index contributed by atoms with van der Waals surface area (Å²) in [4.78, 5) is 0. The van der Waals surface area contributed by atoms with Crippen LogP contribution in [0.3, 0.4) is 0 Å². The van der Waals surface area contributed by atoms with E-state index in [-0.39, 0.29) is 0 Å². The molecular formula is C17H35NO3. The highest BCUT2D eigenvalue weighted by Crippen LogP contribution is 2.35. The molecule has 0 aromatic carbocycles. The van der Waals surface area contributed by atoms with Crippen molar-refractivity contribution >= 4 is 0 Å². The zero-order valence-corrected chi connectivity index (χ0v) is 14.2. The molecule has 21 heavy (non-hydrogen) atoms. The van der Waals surface area contributed by atoms with Crippen LogP contribution >= 0.6 is 0 Å². The van der Waals surface area contributed by atoms with Crippen molar-refractivity contribution in [2.75, 3.05) is 33.0 Å². The van der Waals surface area contributed by atoms with Crippen LogP contribution in [0.5, 0.6) is 0 Å². The molecule has 0 amide bonds. The number of rotatable bonds is 11. The van der Waals surface area contributed by atoms with Crippen LogP contribution in [0.25, 0.3) is 0 Å². The van der Waals surface area contributed by atoms with E-state index in [4.69, 9.17) is 9.47 Å². The Kier molecular flexibility index (Phi) is 9.49. The maximum Gasteiger partial charge on any atom is 0.0897 e. The summed E-state index contributed by atoms with van der Waals surface area (Å²) in [6.45, 7) is 9.78. The molecule has 2 atom stereocenters. The topological polar surface area (TPSA) is 50.7 Å². The fourth-order valence-electron chi connectivity index (χ4n) is 2.90. The molecule has 1 aliphatic rings. The molecule has 0 aromatic rings. The largest absolute Gasteiger partial charge is 0.389 e. The summed E-state index contributed by atoms with van der Waals surface area (Å²) in [7, 11) is 0. The SMILES string of the molecule is CCCCOCCOCC(O)CNC1CCCCC1(C)C. The molecule has 0 radical (unpaired) electrons. The van der Waals surface area contributed by atoms with Gasteiger partial charge in [0.1, 0.15) is 0 Å². The lowest BCUT2D eigenvalue weighted by Gasteiger charge is -2.39. The lowest BCUT2D eigenvalue weighted by atomic mass is 9.73. The molecule has 1 fully saturated rings. The molecule has 1 saturated carbocycles. The molecule has 0 bridgehead atoms. The summed E-state index contributed by atoms with van der Waals surface area (Å²) < 4.78 is 10.9. The highest BCUT2D eigenvalue weighted by molar-refractivity contribution is 4.88. The van der Waals surface area contributed by atoms with Crippen LogP contribution in [0.1, 0.15) is 59.3 Å². The Morgan fingerprint density at radius 2 is 1.95 bits per heavy atom. The Bertz CT molecular complexity index is 258. The predicted molar refractivity (Wildman–Crippen MR) is 86.6 cm³/mol. The maximum atomic E-state index is 9.96. The molecule has 0 spiro atoms. The first-order valence-corrected chi connectivity index (χ1v) is 8.63. The average Bonchev–Trinajstić information content (AvgIpc) is 2.44. The van der Waals surface area contributed by atoms with E-state index in [1.165, 1.54) is 25.7 Å². The second-order valence-corrected chi connectivity index (χ2v) is 6.89. The Morgan fingerprint density at radius 1 is 1.19 bits per heavy atom. The molecule has 4 heteroatoms. The van der Waals surface area contributed by atoms with E-state index < -0.39 is 6.10 Å². The Labute approximate surface area is 130 Å². The van der Waals surface area contributed by atoms with Gasteiger partial charge in [-0.15, -0.1) is 0 Å². The van der Waals surface area contributed by atoms with E-state index in [0.717, 1.165) is 19.4 Å². The summed E-state index contributed by atoms with van der Waals surface area (Å²) in [6, 6.07) is 0.512. The third kappa shape index (κ3) is 8.15. The molecule has 1 aliphatic carbocycles.